The Morgan fingerprint density at radius 1 is 1.22 bits per heavy atom. The first-order chi connectivity index (χ1) is 8.58. The van der Waals surface area contributed by atoms with Crippen molar-refractivity contribution in [1.82, 2.24) is 0 Å². The minimum atomic E-state index is -0.972. The molecular formula is C13H10BrNO2S. The van der Waals surface area contributed by atoms with Crippen molar-refractivity contribution in [1.29, 1.82) is 0 Å². The van der Waals surface area contributed by atoms with Gasteiger partial charge in [0.15, 0.2) is 0 Å². The molecule has 0 amide bonds. The average molecular weight is 324 g/mol. The Hall–Kier alpha value is -1.46. The average Bonchev–Trinajstić information content (AvgIpc) is 2.31. The molecule has 18 heavy (non-hydrogen) atoms. The lowest BCUT2D eigenvalue weighted by atomic mass is 10.2. The molecule has 5 heteroatoms. The van der Waals surface area contributed by atoms with E-state index in [1.54, 1.807) is 18.2 Å². The Balaban J connectivity index is 2.42. The van der Waals surface area contributed by atoms with E-state index in [1.165, 1.54) is 11.8 Å². The van der Waals surface area contributed by atoms with Gasteiger partial charge < -0.3 is 10.8 Å². The van der Waals surface area contributed by atoms with Gasteiger partial charge in [-0.15, -0.1) is 0 Å². The Labute approximate surface area is 117 Å². The van der Waals surface area contributed by atoms with Crippen molar-refractivity contribution in [2.75, 3.05) is 5.73 Å². The number of nitrogen functional groups attached to an aromatic ring is 1. The number of carboxylic acid groups (broad SMARTS) is 1. The fraction of sp³-hybridized carbons (Fsp3) is 0. The summed E-state index contributed by atoms with van der Waals surface area (Å²) in [6, 6.07) is 12.5. The van der Waals surface area contributed by atoms with Gasteiger partial charge in [0.05, 0.1) is 5.56 Å². The van der Waals surface area contributed by atoms with E-state index in [0.29, 0.717) is 10.6 Å². The Morgan fingerprint density at radius 2 is 1.94 bits per heavy atom. The quantitative estimate of drug-likeness (QED) is 0.841. The molecule has 0 saturated heterocycles. The zero-order valence-corrected chi connectivity index (χ0v) is 11.7. The monoisotopic (exact) mass is 323 g/mol. The molecule has 3 nitrogen and oxygen atoms in total. The number of nitrogens with two attached hydrogens (primary N) is 1. The third kappa shape index (κ3) is 2.86. The molecule has 0 fully saturated rings. The maximum atomic E-state index is 11.2. The Morgan fingerprint density at radius 3 is 2.61 bits per heavy atom. The van der Waals surface area contributed by atoms with Gasteiger partial charge in [0, 0.05) is 20.0 Å². The summed E-state index contributed by atoms with van der Waals surface area (Å²) in [6.07, 6.45) is 0. The first-order valence-electron chi connectivity index (χ1n) is 5.13. The van der Waals surface area contributed by atoms with Crippen LogP contribution in [0.15, 0.2) is 56.7 Å². The van der Waals surface area contributed by atoms with Crippen LogP contribution in [0.4, 0.5) is 5.69 Å². The second-order valence-electron chi connectivity index (χ2n) is 3.59. The number of carbonyl (C=O) groups is 1. The maximum absolute atomic E-state index is 11.2. The van der Waals surface area contributed by atoms with Crippen LogP contribution in [0.2, 0.25) is 0 Å². The van der Waals surface area contributed by atoms with Gasteiger partial charge in [0.2, 0.25) is 0 Å². The Bertz CT molecular complexity index is 601. The van der Waals surface area contributed by atoms with Crippen molar-refractivity contribution < 1.29 is 9.90 Å². The summed E-state index contributed by atoms with van der Waals surface area (Å²) >= 11 is 4.73. The van der Waals surface area contributed by atoms with E-state index in [2.05, 4.69) is 15.9 Å². The van der Waals surface area contributed by atoms with Crippen LogP contribution in [0.1, 0.15) is 10.4 Å². The highest BCUT2D eigenvalue weighted by atomic mass is 79.9. The van der Waals surface area contributed by atoms with Crippen molar-refractivity contribution in [2.24, 2.45) is 0 Å². The van der Waals surface area contributed by atoms with Crippen LogP contribution < -0.4 is 5.73 Å². The maximum Gasteiger partial charge on any atom is 0.336 e. The van der Waals surface area contributed by atoms with Crippen molar-refractivity contribution in [3.8, 4) is 0 Å². The minimum absolute atomic E-state index is 0.222. The first-order valence-corrected chi connectivity index (χ1v) is 6.74. The standard InChI is InChI=1S/C13H10BrNO2S/c14-8-3-1-4-9(7-8)18-12-10(13(16)17)5-2-6-11(12)15/h1-7H,15H2,(H,16,17). The SMILES string of the molecule is Nc1cccc(C(=O)O)c1Sc1cccc(Br)c1. The Kier molecular flexibility index (Phi) is 3.93. The van der Waals surface area contributed by atoms with E-state index in [1.807, 2.05) is 24.3 Å². The third-order valence-electron chi connectivity index (χ3n) is 2.29. The summed E-state index contributed by atoms with van der Waals surface area (Å²) in [5, 5.41) is 9.14. The lowest BCUT2D eigenvalue weighted by Gasteiger charge is -2.09. The predicted octanol–water partition coefficient (Wildman–Crippen LogP) is 3.88. The number of hydrogen-bond donors (Lipinski definition) is 2. The molecule has 0 aromatic heterocycles. The van der Waals surface area contributed by atoms with Gasteiger partial charge in [-0.05, 0) is 30.3 Å². The van der Waals surface area contributed by atoms with Crippen LogP contribution in [0.3, 0.4) is 0 Å². The lowest BCUT2D eigenvalue weighted by Crippen LogP contribution is -2.01. The van der Waals surface area contributed by atoms with Crippen LogP contribution in [0, 0.1) is 0 Å². The van der Waals surface area contributed by atoms with Crippen molar-refractivity contribution in [3.63, 3.8) is 0 Å². The molecule has 0 bridgehead atoms. The summed E-state index contributed by atoms with van der Waals surface area (Å²) in [5.41, 5.74) is 6.54. The van der Waals surface area contributed by atoms with E-state index >= 15 is 0 Å². The van der Waals surface area contributed by atoms with Gasteiger partial charge >= 0.3 is 5.97 Å². The molecule has 0 aliphatic rings. The molecule has 0 unspecified atom stereocenters. The van der Waals surface area contributed by atoms with Gasteiger partial charge in [-0.3, -0.25) is 0 Å². The largest absolute Gasteiger partial charge is 0.478 e. The normalized spacial score (nSPS) is 10.3. The summed E-state index contributed by atoms with van der Waals surface area (Å²) < 4.78 is 0.943. The van der Waals surface area contributed by atoms with E-state index in [-0.39, 0.29) is 5.56 Å². The number of halogens is 1. The van der Waals surface area contributed by atoms with E-state index in [9.17, 15) is 4.79 Å². The van der Waals surface area contributed by atoms with E-state index in [0.717, 1.165) is 9.37 Å². The molecule has 3 N–H and O–H groups in total. The van der Waals surface area contributed by atoms with Gasteiger partial charge in [-0.2, -0.15) is 0 Å². The van der Waals surface area contributed by atoms with Crippen LogP contribution >= 0.6 is 27.7 Å². The lowest BCUT2D eigenvalue weighted by molar-refractivity contribution is 0.0693. The topological polar surface area (TPSA) is 63.3 Å². The summed E-state index contributed by atoms with van der Waals surface area (Å²) in [7, 11) is 0. The van der Waals surface area contributed by atoms with Crippen LogP contribution in [0.5, 0.6) is 0 Å². The van der Waals surface area contributed by atoms with Crippen molar-refractivity contribution in [2.45, 2.75) is 9.79 Å². The molecule has 2 aromatic rings. The highest BCUT2D eigenvalue weighted by Crippen LogP contribution is 2.35. The molecule has 0 aliphatic carbocycles. The van der Waals surface area contributed by atoms with Gasteiger partial charge in [-0.1, -0.05) is 39.8 Å². The van der Waals surface area contributed by atoms with E-state index < -0.39 is 5.97 Å². The molecule has 0 spiro atoms. The fourth-order valence-electron chi connectivity index (χ4n) is 1.49. The molecular weight excluding hydrogens is 314 g/mol. The summed E-state index contributed by atoms with van der Waals surface area (Å²) in [5.74, 6) is -0.972. The molecule has 0 radical (unpaired) electrons. The molecule has 0 aliphatic heterocycles. The molecule has 92 valence electrons. The number of aromatic carboxylic acids is 1. The van der Waals surface area contributed by atoms with Gasteiger partial charge in [-0.25, -0.2) is 4.79 Å². The predicted molar refractivity (Wildman–Crippen MR) is 76.1 cm³/mol. The summed E-state index contributed by atoms with van der Waals surface area (Å²) in [6.45, 7) is 0. The smallest absolute Gasteiger partial charge is 0.336 e. The zero-order valence-electron chi connectivity index (χ0n) is 9.26. The summed E-state index contributed by atoms with van der Waals surface area (Å²) in [4.78, 5) is 12.7. The van der Waals surface area contributed by atoms with Crippen molar-refractivity contribution in [3.05, 3.63) is 52.5 Å². The van der Waals surface area contributed by atoms with Gasteiger partial charge in [0.25, 0.3) is 0 Å². The zero-order chi connectivity index (χ0) is 13.1. The van der Waals surface area contributed by atoms with Crippen LogP contribution in [-0.2, 0) is 0 Å². The van der Waals surface area contributed by atoms with Crippen molar-refractivity contribution >= 4 is 39.3 Å². The molecule has 0 saturated carbocycles. The van der Waals surface area contributed by atoms with Gasteiger partial charge in [0.1, 0.15) is 0 Å². The van der Waals surface area contributed by atoms with Crippen LogP contribution in [0.25, 0.3) is 0 Å². The highest BCUT2D eigenvalue weighted by molar-refractivity contribution is 9.10. The highest BCUT2D eigenvalue weighted by Gasteiger charge is 2.13. The van der Waals surface area contributed by atoms with Crippen LogP contribution in [-0.4, -0.2) is 11.1 Å². The second-order valence-corrected chi connectivity index (χ2v) is 5.59. The number of carboxylic acids is 1. The number of rotatable bonds is 3. The number of hydrogen-bond acceptors (Lipinski definition) is 3. The molecule has 0 atom stereocenters. The van der Waals surface area contributed by atoms with E-state index in [4.69, 9.17) is 10.8 Å². The third-order valence-corrected chi connectivity index (χ3v) is 3.93. The first kappa shape index (κ1) is 13.0. The fourth-order valence-corrected chi connectivity index (χ4v) is 3.06. The molecule has 0 heterocycles. The number of benzene rings is 2. The molecule has 2 aromatic carbocycles. The second kappa shape index (κ2) is 5.46. The molecule has 2 rings (SSSR count). The number of anilines is 1. The minimum Gasteiger partial charge on any atom is -0.478 e.